The Balaban J connectivity index is 4.26. The van der Waals surface area contributed by atoms with Gasteiger partial charge in [0.1, 0.15) is 12.6 Å². The van der Waals surface area contributed by atoms with Gasteiger partial charge in [-0.2, -0.15) is 0 Å². The van der Waals surface area contributed by atoms with Crippen molar-refractivity contribution in [3.05, 3.63) is 24.3 Å². The lowest BCUT2D eigenvalue weighted by Crippen LogP contribution is -2.28. The average molecular weight is 578 g/mol. The van der Waals surface area contributed by atoms with E-state index in [4.69, 9.17) is 9.84 Å². The first-order chi connectivity index (χ1) is 20.0. The minimum atomic E-state index is -1.02. The van der Waals surface area contributed by atoms with Crippen LogP contribution in [0.15, 0.2) is 24.3 Å². The summed E-state index contributed by atoms with van der Waals surface area (Å²) in [5.41, 5.74) is 0. The minimum Gasteiger partial charge on any atom is -0.480 e. The quantitative estimate of drug-likeness (QED) is 0.0504. The lowest BCUT2D eigenvalue weighted by atomic mass is 10.0. The van der Waals surface area contributed by atoms with Crippen molar-refractivity contribution in [2.24, 2.45) is 0 Å². The fraction of sp³-hybridized carbons (Fsp3) is 0.800. The van der Waals surface area contributed by atoms with Gasteiger partial charge in [0.15, 0.2) is 0 Å². The van der Waals surface area contributed by atoms with Crippen molar-refractivity contribution in [1.29, 1.82) is 0 Å². The first-order valence-corrected chi connectivity index (χ1v) is 17.0. The van der Waals surface area contributed by atoms with Gasteiger partial charge in [0.2, 0.25) is 5.91 Å². The number of hydrogen-bond donors (Lipinski definition) is 2. The Morgan fingerprint density at radius 1 is 0.634 bits per heavy atom. The molecule has 6 nitrogen and oxygen atoms in total. The fourth-order valence-corrected chi connectivity index (χ4v) is 4.84. The molecule has 0 aliphatic rings. The number of allylic oxidation sites excluding steroid dienone is 4. The SMILES string of the molecule is CCCCC/C=C\C/C=C\CCCC(CCCCCCCC(=O)NCC(=O)O)OC(=O)CCCCCCCCCC. The van der Waals surface area contributed by atoms with E-state index in [0.717, 1.165) is 77.0 Å². The van der Waals surface area contributed by atoms with Crippen molar-refractivity contribution < 1.29 is 24.2 Å². The van der Waals surface area contributed by atoms with Gasteiger partial charge >= 0.3 is 11.9 Å². The Morgan fingerprint density at radius 2 is 1.15 bits per heavy atom. The van der Waals surface area contributed by atoms with E-state index in [0.29, 0.717) is 12.8 Å². The van der Waals surface area contributed by atoms with Gasteiger partial charge in [0, 0.05) is 12.8 Å². The second kappa shape index (κ2) is 30.8. The number of hydrogen-bond acceptors (Lipinski definition) is 4. The Bertz CT molecular complexity index is 688. The molecule has 1 atom stereocenters. The summed E-state index contributed by atoms with van der Waals surface area (Å²) in [4.78, 5) is 34.7. The zero-order valence-electron chi connectivity index (χ0n) is 26.6. The zero-order chi connectivity index (χ0) is 30.2. The number of unbranched alkanes of at least 4 members (excludes halogenated alkanes) is 15. The first-order valence-electron chi connectivity index (χ1n) is 17.0. The van der Waals surface area contributed by atoms with Gasteiger partial charge in [0.05, 0.1) is 0 Å². The molecule has 1 amide bonds. The van der Waals surface area contributed by atoms with Crippen LogP contribution in [0.3, 0.4) is 0 Å². The molecule has 0 rings (SSSR count). The summed E-state index contributed by atoms with van der Waals surface area (Å²) in [6, 6.07) is 0. The number of aliphatic carboxylic acids is 1. The molecule has 6 heteroatoms. The lowest BCUT2D eigenvalue weighted by Gasteiger charge is -2.18. The number of rotatable bonds is 30. The highest BCUT2D eigenvalue weighted by Gasteiger charge is 2.14. The number of esters is 1. The third-order valence-corrected chi connectivity index (χ3v) is 7.38. The van der Waals surface area contributed by atoms with E-state index in [1.807, 2.05) is 0 Å². The molecule has 0 aromatic carbocycles. The highest BCUT2D eigenvalue weighted by Crippen LogP contribution is 2.17. The smallest absolute Gasteiger partial charge is 0.322 e. The minimum absolute atomic E-state index is 0.00907. The molecule has 0 spiro atoms. The van der Waals surface area contributed by atoms with Crippen LogP contribution in [0.5, 0.6) is 0 Å². The number of carboxylic acid groups (broad SMARTS) is 1. The third kappa shape index (κ3) is 30.7. The van der Waals surface area contributed by atoms with E-state index in [2.05, 4.69) is 43.5 Å². The Hall–Kier alpha value is -2.11. The molecule has 0 aromatic rings. The summed E-state index contributed by atoms with van der Waals surface area (Å²) in [6.45, 7) is 4.15. The molecule has 2 N–H and O–H groups in total. The Kier molecular flexibility index (Phi) is 29.3. The number of amides is 1. The number of carbonyl (C=O) groups excluding carboxylic acids is 2. The molecule has 0 fully saturated rings. The summed E-state index contributed by atoms with van der Waals surface area (Å²) in [5.74, 6) is -1.27. The summed E-state index contributed by atoms with van der Waals surface area (Å²) in [6.07, 6.45) is 34.3. The topological polar surface area (TPSA) is 92.7 Å². The Morgan fingerprint density at radius 3 is 1.78 bits per heavy atom. The maximum absolute atomic E-state index is 12.5. The van der Waals surface area contributed by atoms with E-state index in [1.165, 1.54) is 64.2 Å². The molecule has 0 aliphatic heterocycles. The van der Waals surface area contributed by atoms with Crippen molar-refractivity contribution in [1.82, 2.24) is 5.32 Å². The van der Waals surface area contributed by atoms with Gasteiger partial charge in [-0.1, -0.05) is 115 Å². The molecule has 1 unspecified atom stereocenters. The lowest BCUT2D eigenvalue weighted by molar-refractivity contribution is -0.150. The van der Waals surface area contributed by atoms with Crippen LogP contribution < -0.4 is 5.32 Å². The van der Waals surface area contributed by atoms with E-state index < -0.39 is 5.97 Å². The number of carboxylic acids is 1. The highest BCUT2D eigenvalue weighted by atomic mass is 16.5. The summed E-state index contributed by atoms with van der Waals surface area (Å²) < 4.78 is 5.93. The monoisotopic (exact) mass is 577 g/mol. The largest absolute Gasteiger partial charge is 0.480 e. The number of ether oxygens (including phenoxy) is 1. The van der Waals surface area contributed by atoms with E-state index >= 15 is 0 Å². The molecule has 0 bridgehead atoms. The van der Waals surface area contributed by atoms with E-state index in [-0.39, 0.29) is 24.5 Å². The summed E-state index contributed by atoms with van der Waals surface area (Å²) >= 11 is 0. The van der Waals surface area contributed by atoms with Crippen LogP contribution in [0, 0.1) is 0 Å². The van der Waals surface area contributed by atoms with Crippen LogP contribution in [0.1, 0.15) is 168 Å². The predicted octanol–water partition coefficient (Wildman–Crippen LogP) is 9.61. The van der Waals surface area contributed by atoms with Gasteiger partial charge in [-0.05, 0) is 64.2 Å². The van der Waals surface area contributed by atoms with Crippen LogP contribution in [-0.4, -0.2) is 35.6 Å². The van der Waals surface area contributed by atoms with Crippen molar-refractivity contribution in [2.75, 3.05) is 6.54 Å². The zero-order valence-corrected chi connectivity index (χ0v) is 26.6. The maximum Gasteiger partial charge on any atom is 0.322 e. The second-order valence-corrected chi connectivity index (χ2v) is 11.4. The van der Waals surface area contributed by atoms with E-state index in [1.54, 1.807) is 0 Å². The van der Waals surface area contributed by atoms with Gasteiger partial charge in [-0.3, -0.25) is 14.4 Å². The Labute approximate surface area is 252 Å². The van der Waals surface area contributed by atoms with Gasteiger partial charge in [0.25, 0.3) is 0 Å². The standard InChI is InChI=1S/C35H63NO5/c1-3-5-7-9-11-13-14-15-16-19-23-27-32(41-35(40)30-26-22-17-12-10-8-6-4-2)28-24-20-18-21-25-29-33(37)36-31-34(38)39/h11,13,15-16,32H,3-10,12,14,17-31H2,1-2H3,(H,36,37)(H,38,39)/b13-11-,16-15-. The molecule has 0 saturated carbocycles. The molecule has 0 heterocycles. The molecular formula is C35H63NO5. The molecule has 238 valence electrons. The van der Waals surface area contributed by atoms with Crippen molar-refractivity contribution >= 4 is 17.8 Å². The fourth-order valence-electron chi connectivity index (χ4n) is 4.84. The molecule has 0 radical (unpaired) electrons. The number of nitrogens with one attached hydrogen (secondary N) is 1. The average Bonchev–Trinajstić information content (AvgIpc) is 2.95. The van der Waals surface area contributed by atoms with E-state index in [9.17, 15) is 14.4 Å². The van der Waals surface area contributed by atoms with Crippen LogP contribution in [0.4, 0.5) is 0 Å². The first kappa shape index (κ1) is 38.9. The van der Waals surface area contributed by atoms with Crippen molar-refractivity contribution in [3.63, 3.8) is 0 Å². The van der Waals surface area contributed by atoms with Gasteiger partial charge < -0.3 is 15.2 Å². The van der Waals surface area contributed by atoms with Crippen LogP contribution in [-0.2, 0) is 19.1 Å². The second-order valence-electron chi connectivity index (χ2n) is 11.4. The van der Waals surface area contributed by atoms with Crippen LogP contribution >= 0.6 is 0 Å². The molecular weight excluding hydrogens is 514 g/mol. The van der Waals surface area contributed by atoms with Crippen molar-refractivity contribution in [3.8, 4) is 0 Å². The predicted molar refractivity (Wildman–Crippen MR) is 171 cm³/mol. The number of carbonyl (C=O) groups is 3. The van der Waals surface area contributed by atoms with Gasteiger partial charge in [-0.15, -0.1) is 0 Å². The summed E-state index contributed by atoms with van der Waals surface area (Å²) in [5, 5.41) is 11.0. The highest BCUT2D eigenvalue weighted by molar-refractivity contribution is 5.80. The third-order valence-electron chi connectivity index (χ3n) is 7.38. The van der Waals surface area contributed by atoms with Crippen LogP contribution in [0.25, 0.3) is 0 Å². The molecule has 0 saturated heterocycles. The normalized spacial score (nSPS) is 12.2. The summed E-state index contributed by atoms with van der Waals surface area (Å²) in [7, 11) is 0. The molecule has 41 heavy (non-hydrogen) atoms. The molecule has 0 aromatic heterocycles. The van der Waals surface area contributed by atoms with Crippen molar-refractivity contribution in [2.45, 2.75) is 174 Å². The maximum atomic E-state index is 12.5. The van der Waals surface area contributed by atoms with Crippen LogP contribution in [0.2, 0.25) is 0 Å². The van der Waals surface area contributed by atoms with Gasteiger partial charge in [-0.25, -0.2) is 0 Å². The molecule has 0 aliphatic carbocycles.